The number of hydrogen-bond donors (Lipinski definition) is 1. The third-order valence-electron chi connectivity index (χ3n) is 4.72. The molecule has 0 aliphatic carbocycles. The average molecular weight is 412 g/mol. The molecule has 29 heavy (non-hydrogen) atoms. The van der Waals surface area contributed by atoms with Crippen LogP contribution in [-0.2, 0) is 16.6 Å². The first-order chi connectivity index (χ1) is 14.0. The van der Waals surface area contributed by atoms with Gasteiger partial charge in [0, 0.05) is 24.2 Å². The fourth-order valence-corrected chi connectivity index (χ4v) is 4.66. The van der Waals surface area contributed by atoms with Crippen LogP contribution in [0.3, 0.4) is 0 Å². The number of sulfonamides is 1. The van der Waals surface area contributed by atoms with Crippen molar-refractivity contribution in [2.45, 2.75) is 24.3 Å². The van der Waals surface area contributed by atoms with Crippen molar-refractivity contribution in [3.8, 4) is 11.4 Å². The Bertz CT molecular complexity index is 1090. The van der Waals surface area contributed by atoms with Gasteiger partial charge in [-0.2, -0.15) is 9.29 Å². The molecule has 0 bridgehead atoms. The second-order valence-electron chi connectivity index (χ2n) is 6.70. The predicted octanol–water partition coefficient (Wildman–Crippen LogP) is 2.45. The third kappa shape index (κ3) is 4.20. The molecular formula is C20H20N4O4S. The van der Waals surface area contributed by atoms with Gasteiger partial charge >= 0.3 is 0 Å². The van der Waals surface area contributed by atoms with Crippen LogP contribution < -0.4 is 5.32 Å². The molecule has 9 heteroatoms. The smallest absolute Gasteiger partial charge is 0.251 e. The maximum absolute atomic E-state index is 12.6. The molecule has 0 saturated carbocycles. The maximum atomic E-state index is 12.6. The molecule has 8 nitrogen and oxygen atoms in total. The van der Waals surface area contributed by atoms with Crippen molar-refractivity contribution in [1.82, 2.24) is 19.8 Å². The molecule has 3 aromatic rings. The van der Waals surface area contributed by atoms with Crippen LogP contribution in [0.2, 0.25) is 0 Å². The lowest BCUT2D eigenvalue weighted by atomic mass is 10.2. The summed E-state index contributed by atoms with van der Waals surface area (Å²) in [6.07, 6.45) is 1.79. The minimum atomic E-state index is -3.46. The highest BCUT2D eigenvalue weighted by atomic mass is 32.2. The first-order valence-corrected chi connectivity index (χ1v) is 10.7. The van der Waals surface area contributed by atoms with Gasteiger partial charge in [0.1, 0.15) is 0 Å². The topological polar surface area (TPSA) is 105 Å². The Hall–Kier alpha value is -3.04. The number of benzene rings is 2. The lowest BCUT2D eigenvalue weighted by molar-refractivity contribution is 0.0946. The third-order valence-corrected chi connectivity index (χ3v) is 6.63. The molecule has 1 aliphatic rings. The van der Waals surface area contributed by atoms with E-state index >= 15 is 0 Å². The van der Waals surface area contributed by atoms with E-state index in [0.717, 1.165) is 12.8 Å². The monoisotopic (exact) mass is 412 g/mol. The number of rotatable bonds is 6. The maximum Gasteiger partial charge on any atom is 0.251 e. The summed E-state index contributed by atoms with van der Waals surface area (Å²) in [6.45, 7) is 1.22. The van der Waals surface area contributed by atoms with Crippen LogP contribution in [0, 0.1) is 0 Å². The van der Waals surface area contributed by atoms with Crippen LogP contribution in [-0.4, -0.2) is 41.9 Å². The van der Waals surface area contributed by atoms with E-state index in [1.165, 1.54) is 4.31 Å². The SMILES string of the molecule is O=C(NCc1nc(-c2ccc(S(=O)(=O)N3CCCC3)cc2)no1)c1ccccc1. The van der Waals surface area contributed by atoms with Gasteiger partial charge < -0.3 is 9.84 Å². The zero-order valence-corrected chi connectivity index (χ0v) is 16.4. The Morgan fingerprint density at radius 1 is 1.03 bits per heavy atom. The number of hydrogen-bond acceptors (Lipinski definition) is 6. The number of carbonyl (C=O) groups excluding carboxylic acids is 1. The summed E-state index contributed by atoms with van der Waals surface area (Å²) in [5, 5.41) is 6.63. The second-order valence-corrected chi connectivity index (χ2v) is 8.63. The summed E-state index contributed by atoms with van der Waals surface area (Å²) in [5.41, 5.74) is 1.18. The van der Waals surface area contributed by atoms with Crippen LogP contribution in [0.15, 0.2) is 64.0 Å². The molecule has 2 aromatic carbocycles. The molecule has 0 atom stereocenters. The van der Waals surface area contributed by atoms with E-state index in [9.17, 15) is 13.2 Å². The Morgan fingerprint density at radius 2 is 1.72 bits per heavy atom. The van der Waals surface area contributed by atoms with Gasteiger partial charge in [-0.25, -0.2) is 8.42 Å². The first-order valence-electron chi connectivity index (χ1n) is 9.30. The van der Waals surface area contributed by atoms with Crippen molar-refractivity contribution in [1.29, 1.82) is 0 Å². The quantitative estimate of drug-likeness (QED) is 0.667. The molecular weight excluding hydrogens is 392 g/mol. The number of nitrogens with one attached hydrogen (secondary N) is 1. The van der Waals surface area contributed by atoms with Gasteiger partial charge in [0.15, 0.2) is 0 Å². The number of amides is 1. The summed E-state index contributed by atoms with van der Waals surface area (Å²) < 4.78 is 31.9. The molecule has 0 spiro atoms. The fourth-order valence-electron chi connectivity index (χ4n) is 3.14. The van der Waals surface area contributed by atoms with Crippen LogP contribution in [0.4, 0.5) is 0 Å². The molecule has 4 rings (SSSR count). The van der Waals surface area contributed by atoms with Gasteiger partial charge in [-0.05, 0) is 49.2 Å². The van der Waals surface area contributed by atoms with Crippen LogP contribution in [0.25, 0.3) is 11.4 Å². The van der Waals surface area contributed by atoms with Crippen molar-refractivity contribution >= 4 is 15.9 Å². The van der Waals surface area contributed by atoms with Crippen molar-refractivity contribution in [2.75, 3.05) is 13.1 Å². The number of carbonyl (C=O) groups is 1. The highest BCUT2D eigenvalue weighted by Gasteiger charge is 2.27. The summed E-state index contributed by atoms with van der Waals surface area (Å²) in [6, 6.07) is 15.2. The lowest BCUT2D eigenvalue weighted by Crippen LogP contribution is -2.27. The molecule has 1 saturated heterocycles. The van der Waals surface area contributed by atoms with Crippen LogP contribution in [0.5, 0.6) is 0 Å². The first kappa shape index (κ1) is 19.3. The van der Waals surface area contributed by atoms with E-state index in [-0.39, 0.29) is 23.2 Å². The molecule has 1 aliphatic heterocycles. The predicted molar refractivity (Wildman–Crippen MR) is 105 cm³/mol. The summed E-state index contributed by atoms with van der Waals surface area (Å²) in [7, 11) is -3.46. The van der Waals surface area contributed by atoms with Gasteiger partial charge in [0.25, 0.3) is 5.91 Å². The Labute approximate surface area is 168 Å². The normalized spacial score (nSPS) is 14.8. The Kier molecular flexibility index (Phi) is 5.41. The highest BCUT2D eigenvalue weighted by molar-refractivity contribution is 7.89. The standard InChI is InChI=1S/C20H20N4O4S/c25-20(16-6-2-1-3-7-16)21-14-18-22-19(23-28-18)15-8-10-17(11-9-15)29(26,27)24-12-4-5-13-24/h1-3,6-11H,4-5,12-14H2,(H,21,25). The van der Waals surface area contributed by atoms with E-state index in [1.807, 2.05) is 6.07 Å². The second kappa shape index (κ2) is 8.14. The molecule has 1 amide bonds. The zero-order valence-electron chi connectivity index (χ0n) is 15.6. The number of aromatic nitrogens is 2. The molecule has 0 unspecified atom stereocenters. The van der Waals surface area contributed by atoms with E-state index in [2.05, 4.69) is 15.5 Å². The van der Waals surface area contributed by atoms with Gasteiger partial charge in [-0.15, -0.1) is 0 Å². The molecule has 0 radical (unpaired) electrons. The van der Waals surface area contributed by atoms with E-state index in [4.69, 9.17) is 4.52 Å². The summed E-state index contributed by atoms with van der Waals surface area (Å²) >= 11 is 0. The lowest BCUT2D eigenvalue weighted by Gasteiger charge is -2.15. The van der Waals surface area contributed by atoms with Crippen molar-refractivity contribution < 1.29 is 17.7 Å². The molecule has 1 N–H and O–H groups in total. The van der Waals surface area contributed by atoms with Crippen molar-refractivity contribution in [2.24, 2.45) is 0 Å². The molecule has 1 fully saturated rings. The van der Waals surface area contributed by atoms with Crippen molar-refractivity contribution in [3.05, 3.63) is 66.1 Å². The molecule has 150 valence electrons. The van der Waals surface area contributed by atoms with Gasteiger partial charge in [-0.3, -0.25) is 4.79 Å². The minimum absolute atomic E-state index is 0.0994. The van der Waals surface area contributed by atoms with Gasteiger partial charge in [0.05, 0.1) is 11.4 Å². The van der Waals surface area contributed by atoms with Gasteiger partial charge in [0.2, 0.25) is 21.7 Å². The molecule has 2 heterocycles. The molecule has 1 aromatic heterocycles. The largest absolute Gasteiger partial charge is 0.343 e. The van der Waals surface area contributed by atoms with E-state index < -0.39 is 10.0 Å². The van der Waals surface area contributed by atoms with E-state index in [1.54, 1.807) is 48.5 Å². The van der Waals surface area contributed by atoms with Gasteiger partial charge in [-0.1, -0.05) is 23.4 Å². The zero-order chi connectivity index (χ0) is 20.3. The minimum Gasteiger partial charge on any atom is -0.343 e. The summed E-state index contributed by atoms with van der Waals surface area (Å²) in [4.78, 5) is 16.6. The highest BCUT2D eigenvalue weighted by Crippen LogP contribution is 2.23. The fraction of sp³-hybridized carbons (Fsp3) is 0.250. The van der Waals surface area contributed by atoms with Crippen LogP contribution >= 0.6 is 0 Å². The Morgan fingerprint density at radius 3 is 2.41 bits per heavy atom. The average Bonchev–Trinajstić information content (AvgIpc) is 3.45. The van der Waals surface area contributed by atoms with Crippen molar-refractivity contribution in [3.63, 3.8) is 0 Å². The summed E-state index contributed by atoms with van der Waals surface area (Å²) in [5.74, 6) is 0.360. The Balaban J connectivity index is 1.42. The number of nitrogens with zero attached hydrogens (tertiary/aromatic N) is 3. The van der Waals surface area contributed by atoms with E-state index in [0.29, 0.717) is 30.0 Å². The van der Waals surface area contributed by atoms with Crippen LogP contribution in [0.1, 0.15) is 29.1 Å².